The third-order valence-corrected chi connectivity index (χ3v) is 16.5. The van der Waals surface area contributed by atoms with Crippen molar-refractivity contribution < 1.29 is 41.9 Å². The first kappa shape index (κ1) is 61.5. The Morgan fingerprint density at radius 3 is 1.46 bits per heavy atom. The van der Waals surface area contributed by atoms with Crippen molar-refractivity contribution in [3.05, 3.63) is 163 Å². The van der Waals surface area contributed by atoms with Crippen molar-refractivity contribution in [2.45, 2.75) is 141 Å². The van der Waals surface area contributed by atoms with Gasteiger partial charge >= 0.3 is 0 Å². The fourth-order valence-corrected chi connectivity index (χ4v) is 12.3. The number of allylic oxidation sites excluding steroid dienone is 3. The number of rotatable bonds is 15. The van der Waals surface area contributed by atoms with Gasteiger partial charge in [-0.15, -0.1) is 22.7 Å². The highest BCUT2D eigenvalue weighted by Crippen LogP contribution is 2.38. The van der Waals surface area contributed by atoms with Gasteiger partial charge in [0.2, 0.25) is 29.8 Å². The van der Waals surface area contributed by atoms with Crippen LogP contribution in [0, 0.1) is 30.4 Å². The molecule has 9 rings (SSSR count). The molecule has 2 aliphatic heterocycles. The lowest BCUT2D eigenvalue weighted by Gasteiger charge is -2.32. The molecule has 2 saturated heterocycles. The maximum absolute atomic E-state index is 13.7. The Morgan fingerprint density at radius 2 is 1.06 bits per heavy atom. The van der Waals surface area contributed by atoms with E-state index in [0.717, 1.165) is 56.9 Å². The maximum Gasteiger partial charge on any atom is 0.251 e. The number of nitrogens with one attached hydrogen (secondary N) is 2. The lowest BCUT2D eigenvalue weighted by atomic mass is 9.83. The average Bonchev–Trinajstić information content (AvgIpc) is 4.34. The van der Waals surface area contributed by atoms with E-state index in [1.54, 1.807) is 45.7 Å². The van der Waals surface area contributed by atoms with Crippen molar-refractivity contribution >= 4 is 58.4 Å². The highest BCUT2D eigenvalue weighted by Gasteiger charge is 2.43. The average molecular weight is 1120 g/mol. The number of carbonyl (C=O) groups excluding carboxylic acids is 6. The maximum atomic E-state index is 13.7. The molecule has 4 amide bonds. The number of hydrogen-bond acceptors (Lipinski definition) is 12. The Kier molecular flexibility index (Phi) is 23.4. The summed E-state index contributed by atoms with van der Waals surface area (Å²) in [5.41, 5.74) is 15.7. The number of nitrogens with zero attached hydrogens (tertiary/aromatic N) is 4. The van der Waals surface area contributed by atoms with Crippen molar-refractivity contribution in [1.29, 1.82) is 0 Å². The Balaban J connectivity index is 0.000000228. The van der Waals surface area contributed by atoms with Gasteiger partial charge in [-0.2, -0.15) is 0 Å². The molecule has 6 unspecified atom stereocenters. The number of aryl methyl sites for hydroxylation is 1. The zero-order valence-electron chi connectivity index (χ0n) is 45.4. The van der Waals surface area contributed by atoms with Gasteiger partial charge < -0.3 is 31.9 Å². The van der Waals surface area contributed by atoms with Crippen LogP contribution in [0.5, 0.6) is 0 Å². The van der Waals surface area contributed by atoms with E-state index in [1.807, 2.05) is 32.9 Å². The fraction of sp³-hybridized carbons (Fsp3) is 0.433. The van der Waals surface area contributed by atoms with Gasteiger partial charge in [0.05, 0.1) is 24.2 Å². The molecule has 0 spiro atoms. The third-order valence-electron chi connectivity index (χ3n) is 14.6. The lowest BCUT2D eigenvalue weighted by molar-refractivity contribution is -0.136. The van der Waals surface area contributed by atoms with E-state index in [4.69, 9.17) is 11.5 Å². The Morgan fingerprint density at radius 1 is 0.658 bits per heavy atom. The lowest BCUT2D eigenvalue weighted by Crippen LogP contribution is -2.49. The number of amides is 4. The van der Waals surface area contributed by atoms with E-state index in [2.05, 4.69) is 27.2 Å². The van der Waals surface area contributed by atoms with Gasteiger partial charge in [-0.25, -0.2) is 23.1 Å². The number of aromatic nitrogens is 2. The second-order valence-electron chi connectivity index (χ2n) is 20.1. The zero-order chi connectivity index (χ0) is 57.2. The van der Waals surface area contributed by atoms with Crippen LogP contribution in [0.3, 0.4) is 0 Å². The number of carbonyl (C=O) groups is 6. The Labute approximate surface area is 469 Å². The standard InChI is InChI=1S/C30H33FN4O3S.C23H27FN4O3S.C5H7F.C2H6/c1-18-7-9-21(10-8-18)28(37)33-23-15-25(35(16-23)30(38)26(32)19-5-3-2-4-6-19)29-34-24(17-39-29)27(36)20-11-13-22(31)14-12-20;24-16-8-6-15(7-9-16)21(30)18-12-32-22(27-18)19-10-17(26-13-29)11-28(19)23(31)20(25)14-4-2-1-3-5-14;1-3-4-5(2)6;1-2/h7-14,17,19,23,25-26H,2-6,15-16,32H2,1H3,(H,33,37);6-9,12-14,17,19-20H,1-5,10-11,25H2,(H,26,29);3-4H,2H2,1H3;1-2H3/b;;4-3-;. The number of halogens is 3. The number of hydrogen-bond donors (Lipinski definition) is 4. The summed E-state index contributed by atoms with van der Waals surface area (Å²) in [5.74, 6) is -1.99. The van der Waals surface area contributed by atoms with E-state index in [9.17, 15) is 41.9 Å². The Bertz CT molecular complexity index is 2870. The minimum absolute atomic E-state index is 0.126. The fourth-order valence-electron chi connectivity index (χ4n) is 10.5. The minimum Gasteiger partial charge on any atom is -0.354 e. The molecule has 2 saturated carbocycles. The second kappa shape index (κ2) is 30.1. The normalized spacial score (nSPS) is 20.1. The molecule has 79 heavy (non-hydrogen) atoms. The summed E-state index contributed by atoms with van der Waals surface area (Å²) in [7, 11) is 0. The molecule has 4 aliphatic rings. The molecule has 3 aromatic carbocycles. The predicted octanol–water partition coefficient (Wildman–Crippen LogP) is 10.7. The topological polar surface area (TPSA) is 211 Å². The Hall–Kier alpha value is -6.67. The van der Waals surface area contributed by atoms with Crippen molar-refractivity contribution in [3.63, 3.8) is 0 Å². The SMILES string of the molecule is C=C(F)/C=C\C.CC.Cc1ccc(C(=O)NC2CC(c3nc(C(=O)c4ccc(F)cc4)cs3)N(C(=O)C(N)C3CCCCC3)C2)cc1.NC(C(=O)N1CC(NC=O)CC1c1nc(C(=O)c2ccc(F)cc2)cs1)C1CCCCC1. The molecular weight excluding hydrogens is 1050 g/mol. The van der Waals surface area contributed by atoms with E-state index >= 15 is 0 Å². The van der Waals surface area contributed by atoms with Crippen molar-refractivity contribution in [2.75, 3.05) is 13.1 Å². The molecule has 0 radical (unpaired) electrons. The van der Waals surface area contributed by atoms with Gasteiger partial charge in [0.15, 0.2) is 0 Å². The first-order valence-corrected chi connectivity index (χ1v) is 29.0. The van der Waals surface area contributed by atoms with Crippen LogP contribution in [0.25, 0.3) is 0 Å². The molecule has 2 aromatic heterocycles. The van der Waals surface area contributed by atoms with Crippen LogP contribution in [0.4, 0.5) is 13.2 Å². The number of benzene rings is 3. The van der Waals surface area contributed by atoms with Crippen molar-refractivity contribution in [1.82, 2.24) is 30.4 Å². The molecule has 4 heterocycles. The van der Waals surface area contributed by atoms with E-state index < -0.39 is 35.6 Å². The number of nitrogens with two attached hydrogens (primary N) is 2. The molecule has 2 aliphatic carbocycles. The van der Waals surface area contributed by atoms with Crippen LogP contribution in [-0.4, -0.2) is 92.7 Å². The molecular formula is C60H73F3N8O6S2. The number of thiazole rings is 2. The quantitative estimate of drug-likeness (QED) is 0.0443. The molecule has 5 aromatic rings. The summed E-state index contributed by atoms with van der Waals surface area (Å²) in [6, 6.07) is 15.6. The second-order valence-corrected chi connectivity index (χ2v) is 21.9. The molecule has 422 valence electrons. The van der Waals surface area contributed by atoms with Crippen LogP contribution in [0.1, 0.15) is 168 Å². The van der Waals surface area contributed by atoms with E-state index in [1.165, 1.54) is 90.1 Å². The van der Waals surface area contributed by atoms with Crippen LogP contribution < -0.4 is 22.1 Å². The number of likely N-dealkylation sites (tertiary alicyclic amines) is 2. The van der Waals surface area contributed by atoms with Crippen LogP contribution in [-0.2, 0) is 14.4 Å². The van der Waals surface area contributed by atoms with Crippen LogP contribution in [0.2, 0.25) is 0 Å². The summed E-state index contributed by atoms with van der Waals surface area (Å²) >= 11 is 2.61. The molecule has 0 bridgehead atoms. The van der Waals surface area contributed by atoms with Gasteiger partial charge in [-0.1, -0.05) is 82.7 Å². The van der Waals surface area contributed by atoms with Crippen LogP contribution in [0.15, 0.2) is 108 Å². The molecule has 14 nitrogen and oxygen atoms in total. The monoisotopic (exact) mass is 1120 g/mol. The van der Waals surface area contributed by atoms with Crippen molar-refractivity contribution in [2.24, 2.45) is 23.3 Å². The van der Waals surface area contributed by atoms with E-state index in [-0.39, 0.29) is 70.6 Å². The molecule has 6 N–H and O–H groups in total. The highest BCUT2D eigenvalue weighted by atomic mass is 32.1. The first-order chi connectivity index (χ1) is 38.0. The first-order valence-electron chi connectivity index (χ1n) is 27.2. The smallest absolute Gasteiger partial charge is 0.251 e. The minimum atomic E-state index is -0.611. The summed E-state index contributed by atoms with van der Waals surface area (Å²) in [5, 5.41) is 10.4. The van der Waals surface area contributed by atoms with E-state index in [0.29, 0.717) is 59.0 Å². The zero-order valence-corrected chi connectivity index (χ0v) is 47.0. The predicted molar refractivity (Wildman–Crippen MR) is 303 cm³/mol. The van der Waals surface area contributed by atoms with Gasteiger partial charge in [-0.05, 0) is 131 Å². The van der Waals surface area contributed by atoms with Gasteiger partial charge in [0.1, 0.15) is 38.9 Å². The summed E-state index contributed by atoms with van der Waals surface area (Å²) in [6.07, 6.45) is 15.0. The molecule has 6 atom stereocenters. The van der Waals surface area contributed by atoms with Gasteiger partial charge in [0.25, 0.3) is 5.91 Å². The molecule has 19 heteroatoms. The summed E-state index contributed by atoms with van der Waals surface area (Å²) < 4.78 is 37.9. The highest BCUT2D eigenvalue weighted by molar-refractivity contribution is 7.10. The largest absolute Gasteiger partial charge is 0.354 e. The summed E-state index contributed by atoms with van der Waals surface area (Å²) in [6.45, 7) is 11.4. The summed E-state index contributed by atoms with van der Waals surface area (Å²) in [4.78, 5) is 89.3. The molecule has 4 fully saturated rings. The van der Waals surface area contributed by atoms with Crippen LogP contribution >= 0.6 is 22.7 Å². The van der Waals surface area contributed by atoms with Gasteiger partial charge in [0, 0.05) is 52.6 Å². The van der Waals surface area contributed by atoms with Gasteiger partial charge in [-0.3, -0.25) is 28.8 Å². The number of ketones is 2. The van der Waals surface area contributed by atoms with Crippen molar-refractivity contribution in [3.8, 4) is 0 Å². The third kappa shape index (κ3) is 16.7.